The van der Waals surface area contributed by atoms with Crippen molar-refractivity contribution in [2.24, 2.45) is 4.99 Å². The van der Waals surface area contributed by atoms with Gasteiger partial charge in [0.15, 0.2) is 0 Å². The van der Waals surface area contributed by atoms with Crippen molar-refractivity contribution in [1.29, 1.82) is 0 Å². The lowest BCUT2D eigenvalue weighted by molar-refractivity contribution is 0.641. The van der Waals surface area contributed by atoms with Gasteiger partial charge in [0.25, 0.3) is 0 Å². The third kappa shape index (κ3) is 9.48. The topological polar surface area (TPSA) is 60.5 Å². The van der Waals surface area contributed by atoms with Crippen molar-refractivity contribution in [1.82, 2.24) is 21.3 Å². The summed E-state index contributed by atoms with van der Waals surface area (Å²) < 4.78 is 0. The maximum absolute atomic E-state index is 4.26. The minimum Gasteiger partial charge on any atom is -0.379 e. The Morgan fingerprint density at radius 2 is 1.81 bits per heavy atom. The monoisotopic (exact) mass is 227 g/mol. The van der Waals surface area contributed by atoms with E-state index >= 15 is 0 Å². The molecule has 0 saturated heterocycles. The Morgan fingerprint density at radius 3 is 2.44 bits per heavy atom. The van der Waals surface area contributed by atoms with Crippen LogP contribution < -0.4 is 21.3 Å². The molecule has 4 N–H and O–H groups in total. The lowest BCUT2D eigenvalue weighted by atomic mass is 10.3. The zero-order valence-electron chi connectivity index (χ0n) is 10.6. The van der Waals surface area contributed by atoms with Crippen molar-refractivity contribution in [3.05, 3.63) is 11.9 Å². The van der Waals surface area contributed by atoms with Crippen LogP contribution in [0.5, 0.6) is 0 Å². The zero-order valence-corrected chi connectivity index (χ0v) is 10.6. The van der Waals surface area contributed by atoms with Crippen LogP contribution in [0.15, 0.2) is 16.9 Å². The van der Waals surface area contributed by atoms with Crippen molar-refractivity contribution < 1.29 is 0 Å². The third-order valence-corrected chi connectivity index (χ3v) is 1.99. The van der Waals surface area contributed by atoms with E-state index in [1.165, 1.54) is 6.42 Å². The summed E-state index contributed by atoms with van der Waals surface area (Å²) in [5, 5.41) is 12.4. The number of unbranched alkanes of at least 4 members (excludes halogenated alkanes) is 1. The fraction of sp³-hybridized carbons (Fsp3) is 0.727. The summed E-state index contributed by atoms with van der Waals surface area (Å²) in [5.74, 6) is 0.910. The first kappa shape index (κ1) is 14.9. The second kappa shape index (κ2) is 12.0. The maximum atomic E-state index is 4.26. The molecule has 0 spiro atoms. The van der Waals surface area contributed by atoms with E-state index in [4.69, 9.17) is 0 Å². The quantitative estimate of drug-likeness (QED) is 0.239. The van der Waals surface area contributed by atoms with Gasteiger partial charge in [-0.2, -0.15) is 0 Å². The van der Waals surface area contributed by atoms with E-state index in [9.17, 15) is 0 Å². The summed E-state index contributed by atoms with van der Waals surface area (Å²) in [5.41, 5.74) is 0. The number of nitrogens with one attached hydrogen (secondary N) is 4. The molecule has 0 aliphatic carbocycles. The Morgan fingerprint density at radius 1 is 1.06 bits per heavy atom. The summed E-state index contributed by atoms with van der Waals surface area (Å²) in [6.07, 6.45) is 6.04. The van der Waals surface area contributed by atoms with Gasteiger partial charge in [-0.1, -0.05) is 0 Å². The van der Waals surface area contributed by atoms with Crippen LogP contribution in [0.4, 0.5) is 0 Å². The number of rotatable bonds is 10. The summed E-state index contributed by atoms with van der Waals surface area (Å²) in [7, 11) is 5.73. The summed E-state index contributed by atoms with van der Waals surface area (Å²) in [6.45, 7) is 2.84. The van der Waals surface area contributed by atoms with Crippen LogP contribution >= 0.6 is 0 Å². The van der Waals surface area contributed by atoms with E-state index in [-0.39, 0.29) is 0 Å². The fourth-order valence-electron chi connectivity index (χ4n) is 1.15. The van der Waals surface area contributed by atoms with Gasteiger partial charge in [0.1, 0.15) is 5.82 Å². The molecule has 16 heavy (non-hydrogen) atoms. The molecule has 5 nitrogen and oxygen atoms in total. The van der Waals surface area contributed by atoms with Gasteiger partial charge < -0.3 is 21.3 Å². The van der Waals surface area contributed by atoms with Gasteiger partial charge in [0.2, 0.25) is 0 Å². The average Bonchev–Trinajstić information content (AvgIpc) is 2.31. The Bertz CT molecular complexity index is 201. The summed E-state index contributed by atoms with van der Waals surface area (Å²) >= 11 is 0. The highest BCUT2D eigenvalue weighted by atomic mass is 15.1. The van der Waals surface area contributed by atoms with Crippen LogP contribution in [-0.2, 0) is 0 Å². The first-order chi connectivity index (χ1) is 7.85. The molecule has 5 heteroatoms. The lowest BCUT2D eigenvalue weighted by Gasteiger charge is -2.06. The number of aliphatic imine (C=N–C) groups is 1. The fourth-order valence-corrected chi connectivity index (χ4v) is 1.15. The number of hydrogen-bond acceptors (Lipinski definition) is 4. The summed E-state index contributed by atoms with van der Waals surface area (Å²) in [4.78, 5) is 4.26. The molecule has 0 unspecified atom stereocenters. The molecular weight excluding hydrogens is 202 g/mol. The number of hydrogen-bond donors (Lipinski definition) is 4. The van der Waals surface area contributed by atoms with Gasteiger partial charge in [-0.25, -0.2) is 4.99 Å². The third-order valence-electron chi connectivity index (χ3n) is 1.99. The van der Waals surface area contributed by atoms with Crippen LogP contribution in [-0.4, -0.2) is 47.1 Å². The minimum atomic E-state index is 0.819. The van der Waals surface area contributed by atoms with E-state index in [1.54, 1.807) is 6.34 Å². The van der Waals surface area contributed by atoms with Gasteiger partial charge in [0, 0.05) is 20.1 Å². The molecule has 0 bridgehead atoms. The number of nitrogens with zero attached hydrogens (tertiary/aromatic N) is 1. The molecule has 0 aliphatic rings. The second-order valence-electron chi connectivity index (χ2n) is 3.43. The number of likely N-dealkylation sites (N-methyl/N-ethyl adjacent to an activating group) is 1. The van der Waals surface area contributed by atoms with Crippen LogP contribution in [0.3, 0.4) is 0 Å². The van der Waals surface area contributed by atoms with Crippen molar-refractivity contribution >= 4 is 6.34 Å². The second-order valence-corrected chi connectivity index (χ2v) is 3.43. The van der Waals surface area contributed by atoms with E-state index in [0.717, 1.165) is 31.9 Å². The molecule has 0 aromatic rings. The van der Waals surface area contributed by atoms with Crippen LogP contribution in [0.25, 0.3) is 0 Å². The van der Waals surface area contributed by atoms with Gasteiger partial charge in [-0.15, -0.1) is 0 Å². The van der Waals surface area contributed by atoms with Gasteiger partial charge in [0.05, 0.1) is 6.34 Å². The lowest BCUT2D eigenvalue weighted by Crippen LogP contribution is -2.18. The van der Waals surface area contributed by atoms with Crippen molar-refractivity contribution in [3.63, 3.8) is 0 Å². The van der Waals surface area contributed by atoms with Gasteiger partial charge in [-0.05, 0) is 39.6 Å². The van der Waals surface area contributed by atoms with Crippen molar-refractivity contribution in [2.75, 3.05) is 40.8 Å². The first-order valence-corrected chi connectivity index (χ1v) is 5.78. The molecule has 0 aliphatic heterocycles. The molecule has 0 rings (SSSR count). The van der Waals surface area contributed by atoms with E-state index in [0.29, 0.717) is 0 Å². The Hall–Kier alpha value is -1.07. The summed E-state index contributed by atoms with van der Waals surface area (Å²) in [6, 6.07) is 0. The highest BCUT2D eigenvalue weighted by Gasteiger charge is 1.92. The molecule has 0 heterocycles. The first-order valence-electron chi connectivity index (χ1n) is 5.78. The minimum absolute atomic E-state index is 0.819. The largest absolute Gasteiger partial charge is 0.379 e. The van der Waals surface area contributed by atoms with E-state index in [1.807, 2.05) is 27.2 Å². The Labute approximate surface area is 98.8 Å². The molecule has 0 fully saturated rings. The van der Waals surface area contributed by atoms with Gasteiger partial charge in [-0.3, -0.25) is 0 Å². The highest BCUT2D eigenvalue weighted by Crippen LogP contribution is 1.92. The van der Waals surface area contributed by atoms with E-state index in [2.05, 4.69) is 26.3 Å². The van der Waals surface area contributed by atoms with Crippen LogP contribution in [0, 0.1) is 0 Å². The standard InChI is InChI=1S/C11H25N5/c1-12-7-4-5-8-15-11(6-9-13-2)16-10-14-3/h6,10,12-13,15H,4-5,7-9H2,1-3H3,(H,14,16)/b11-6-. The molecule has 0 aromatic carbocycles. The molecule has 0 aromatic heterocycles. The van der Waals surface area contributed by atoms with Crippen molar-refractivity contribution in [2.45, 2.75) is 12.8 Å². The maximum Gasteiger partial charge on any atom is 0.124 e. The van der Waals surface area contributed by atoms with Crippen molar-refractivity contribution in [3.8, 4) is 0 Å². The van der Waals surface area contributed by atoms with E-state index < -0.39 is 0 Å². The van der Waals surface area contributed by atoms with Gasteiger partial charge >= 0.3 is 0 Å². The molecular formula is C11H25N5. The zero-order chi connectivity index (χ0) is 12.1. The molecule has 94 valence electrons. The Kier molecular flexibility index (Phi) is 11.2. The highest BCUT2D eigenvalue weighted by molar-refractivity contribution is 5.55. The Balaban J connectivity index is 3.78. The average molecular weight is 227 g/mol. The SMILES string of the molecule is CN/C=N\C(=C/CNC)NCCCCNC. The van der Waals surface area contributed by atoms with Crippen LogP contribution in [0.2, 0.25) is 0 Å². The predicted octanol–water partition coefficient (Wildman–Crippen LogP) is -0.116. The molecule has 0 atom stereocenters. The molecule has 0 amide bonds. The normalized spacial score (nSPS) is 12.1. The molecule has 0 radical (unpaired) electrons. The predicted molar refractivity (Wildman–Crippen MR) is 70.7 cm³/mol. The molecule has 0 saturated carbocycles. The smallest absolute Gasteiger partial charge is 0.124 e. The van der Waals surface area contributed by atoms with Crippen LogP contribution in [0.1, 0.15) is 12.8 Å².